The van der Waals surface area contributed by atoms with E-state index < -0.39 is 11.9 Å². The molecule has 2 heterocycles. The van der Waals surface area contributed by atoms with Crippen LogP contribution in [0.15, 0.2) is 11.6 Å². The van der Waals surface area contributed by atoms with Crippen LogP contribution in [0, 0.1) is 0 Å². The van der Waals surface area contributed by atoms with Gasteiger partial charge in [-0.1, -0.05) is 11.6 Å². The number of nitrogens with one attached hydrogen (secondary N) is 1. The van der Waals surface area contributed by atoms with Crippen molar-refractivity contribution in [3.8, 4) is 0 Å². The minimum Gasteiger partial charge on any atom is -0.368 e. The van der Waals surface area contributed by atoms with E-state index in [4.69, 9.17) is 5.73 Å². The maximum atomic E-state index is 11.3. The van der Waals surface area contributed by atoms with Crippen molar-refractivity contribution in [3.05, 3.63) is 11.6 Å². The lowest BCUT2D eigenvalue weighted by molar-refractivity contribution is -0.120. The van der Waals surface area contributed by atoms with Crippen LogP contribution < -0.4 is 11.1 Å². The monoisotopic (exact) mass is 181 g/mol. The number of carbonyl (C=O) groups is 2. The highest BCUT2D eigenvalue weighted by molar-refractivity contribution is 5.90. The average molecular weight is 181 g/mol. The van der Waals surface area contributed by atoms with E-state index >= 15 is 0 Å². The summed E-state index contributed by atoms with van der Waals surface area (Å²) in [5, 5.41) is 2.76. The fraction of sp³-hybridized carbons (Fsp3) is 0.500. The summed E-state index contributed by atoms with van der Waals surface area (Å²) in [6.07, 6.45) is 1.74. The molecule has 1 saturated heterocycles. The second-order valence-electron chi connectivity index (χ2n) is 3.41. The lowest BCUT2D eigenvalue weighted by Crippen LogP contribution is -2.46. The fourth-order valence-corrected chi connectivity index (χ4v) is 1.75. The lowest BCUT2D eigenvalue weighted by atomic mass is 10.0. The van der Waals surface area contributed by atoms with Gasteiger partial charge in [0.15, 0.2) is 0 Å². The highest BCUT2D eigenvalue weighted by atomic mass is 16.2. The normalized spacial score (nSPS) is 31.3. The van der Waals surface area contributed by atoms with Crippen molar-refractivity contribution in [3.63, 3.8) is 0 Å². The number of nitrogens with zero attached hydrogens (tertiary/aromatic N) is 1. The van der Waals surface area contributed by atoms with Crippen LogP contribution >= 0.6 is 0 Å². The molecule has 0 aliphatic carbocycles. The van der Waals surface area contributed by atoms with E-state index in [1.807, 2.05) is 6.92 Å². The Hall–Kier alpha value is -1.52. The summed E-state index contributed by atoms with van der Waals surface area (Å²) in [4.78, 5) is 23.7. The molecule has 0 saturated carbocycles. The van der Waals surface area contributed by atoms with Crippen molar-refractivity contribution in [1.29, 1.82) is 0 Å². The van der Waals surface area contributed by atoms with E-state index in [-0.39, 0.29) is 12.1 Å². The molecule has 0 aromatic rings. The van der Waals surface area contributed by atoms with Crippen molar-refractivity contribution >= 4 is 11.9 Å². The Morgan fingerprint density at radius 1 is 1.77 bits per heavy atom. The zero-order valence-corrected chi connectivity index (χ0v) is 7.28. The second-order valence-corrected chi connectivity index (χ2v) is 3.41. The van der Waals surface area contributed by atoms with Gasteiger partial charge in [-0.25, -0.2) is 4.79 Å². The zero-order valence-electron chi connectivity index (χ0n) is 7.28. The lowest BCUT2D eigenvalue weighted by Gasteiger charge is -2.25. The Morgan fingerprint density at radius 2 is 2.46 bits per heavy atom. The van der Waals surface area contributed by atoms with Gasteiger partial charge >= 0.3 is 6.03 Å². The number of primary amides is 1. The molecule has 0 aromatic heterocycles. The van der Waals surface area contributed by atoms with Crippen LogP contribution in [0.2, 0.25) is 0 Å². The van der Waals surface area contributed by atoms with Crippen LogP contribution in [0.5, 0.6) is 0 Å². The molecule has 2 aliphatic rings. The van der Waals surface area contributed by atoms with Crippen LogP contribution in [0.25, 0.3) is 0 Å². The number of carbonyl (C=O) groups excluding carboxylic acids is 2. The Balaban J connectivity index is 2.35. The highest BCUT2D eigenvalue weighted by Gasteiger charge is 2.39. The first kappa shape index (κ1) is 8.10. The molecule has 1 fully saturated rings. The van der Waals surface area contributed by atoms with Crippen molar-refractivity contribution in [2.45, 2.75) is 19.0 Å². The SMILES string of the molecule is CC1=C[C@@H](C(N)=O)N2C[C@@H]1NC2=O. The number of hydrogen-bond donors (Lipinski definition) is 2. The van der Waals surface area contributed by atoms with E-state index in [0.29, 0.717) is 6.54 Å². The van der Waals surface area contributed by atoms with E-state index in [1.54, 1.807) is 6.08 Å². The Labute approximate surface area is 75.6 Å². The molecule has 5 nitrogen and oxygen atoms in total. The van der Waals surface area contributed by atoms with Gasteiger partial charge in [0, 0.05) is 6.54 Å². The largest absolute Gasteiger partial charge is 0.368 e. The van der Waals surface area contributed by atoms with Gasteiger partial charge in [-0.15, -0.1) is 0 Å². The third-order valence-electron chi connectivity index (χ3n) is 2.54. The molecule has 3 N–H and O–H groups in total. The summed E-state index contributed by atoms with van der Waals surface area (Å²) in [5.41, 5.74) is 6.18. The van der Waals surface area contributed by atoms with Gasteiger partial charge in [0.05, 0.1) is 6.04 Å². The number of amides is 3. The number of fused-ring (bicyclic) bond motifs is 2. The van der Waals surface area contributed by atoms with E-state index in [9.17, 15) is 9.59 Å². The molecule has 2 rings (SSSR count). The van der Waals surface area contributed by atoms with Crippen molar-refractivity contribution < 1.29 is 9.59 Å². The Kier molecular flexibility index (Phi) is 1.55. The van der Waals surface area contributed by atoms with Crippen LogP contribution in [0.4, 0.5) is 4.79 Å². The van der Waals surface area contributed by atoms with Crippen LogP contribution in [0.3, 0.4) is 0 Å². The van der Waals surface area contributed by atoms with Gasteiger partial charge in [-0.3, -0.25) is 4.79 Å². The minimum atomic E-state index is -0.571. The van der Waals surface area contributed by atoms with Crippen molar-refractivity contribution in [2.75, 3.05) is 6.54 Å². The maximum absolute atomic E-state index is 11.3. The number of rotatable bonds is 1. The van der Waals surface area contributed by atoms with Crippen LogP contribution in [-0.2, 0) is 4.79 Å². The molecule has 0 spiro atoms. The summed E-state index contributed by atoms with van der Waals surface area (Å²) >= 11 is 0. The molecule has 0 radical (unpaired) electrons. The van der Waals surface area contributed by atoms with Gasteiger partial charge in [0.25, 0.3) is 0 Å². The van der Waals surface area contributed by atoms with Crippen molar-refractivity contribution in [2.24, 2.45) is 5.73 Å². The first-order chi connectivity index (χ1) is 6.09. The summed E-state index contributed by atoms with van der Waals surface area (Å²) < 4.78 is 0. The van der Waals surface area contributed by atoms with Gasteiger partial charge in [0.1, 0.15) is 6.04 Å². The summed E-state index contributed by atoms with van der Waals surface area (Å²) in [7, 11) is 0. The standard InChI is InChI=1S/C8H11N3O2/c1-4-2-6(7(9)12)11-3-5(4)10-8(11)13/h2,5-6H,3H2,1H3,(H2,9,12)(H,10,13)/t5-,6-/m0/s1. The predicted octanol–water partition coefficient (Wildman–Crippen LogP) is -0.806. The molecule has 3 amide bonds. The van der Waals surface area contributed by atoms with Crippen molar-refractivity contribution in [1.82, 2.24) is 10.2 Å². The third-order valence-corrected chi connectivity index (χ3v) is 2.54. The topological polar surface area (TPSA) is 75.4 Å². The van der Waals surface area contributed by atoms with E-state index in [0.717, 1.165) is 5.57 Å². The molecule has 2 aliphatic heterocycles. The quantitative estimate of drug-likeness (QED) is 0.519. The predicted molar refractivity (Wildman–Crippen MR) is 45.8 cm³/mol. The molecule has 0 unspecified atom stereocenters. The van der Waals surface area contributed by atoms with E-state index in [1.165, 1.54) is 4.90 Å². The Morgan fingerprint density at radius 3 is 3.08 bits per heavy atom. The molecule has 70 valence electrons. The summed E-state index contributed by atoms with van der Waals surface area (Å²) in [6, 6.07) is -0.719. The molecular weight excluding hydrogens is 170 g/mol. The molecule has 13 heavy (non-hydrogen) atoms. The maximum Gasteiger partial charge on any atom is 0.318 e. The summed E-state index contributed by atoms with van der Waals surface area (Å²) in [5.74, 6) is -0.477. The number of urea groups is 1. The van der Waals surface area contributed by atoms with Crippen LogP contribution in [-0.4, -0.2) is 35.5 Å². The van der Waals surface area contributed by atoms with Gasteiger partial charge in [-0.2, -0.15) is 0 Å². The fourth-order valence-electron chi connectivity index (χ4n) is 1.75. The molecule has 5 heteroatoms. The number of hydrogen-bond acceptors (Lipinski definition) is 2. The van der Waals surface area contributed by atoms with Gasteiger partial charge < -0.3 is 16.0 Å². The van der Waals surface area contributed by atoms with Gasteiger partial charge in [-0.05, 0) is 6.92 Å². The minimum absolute atomic E-state index is 0.0584. The third kappa shape index (κ3) is 1.07. The second kappa shape index (κ2) is 2.48. The number of nitrogens with two attached hydrogens (primary N) is 1. The van der Waals surface area contributed by atoms with Gasteiger partial charge in [0.2, 0.25) is 5.91 Å². The molecule has 2 atom stereocenters. The zero-order chi connectivity index (χ0) is 9.59. The van der Waals surface area contributed by atoms with E-state index in [2.05, 4.69) is 5.32 Å². The summed E-state index contributed by atoms with van der Waals surface area (Å²) in [6.45, 7) is 2.44. The smallest absolute Gasteiger partial charge is 0.318 e. The average Bonchev–Trinajstić information content (AvgIpc) is 2.37. The first-order valence-corrected chi connectivity index (χ1v) is 4.14. The molecule has 0 aromatic carbocycles. The first-order valence-electron chi connectivity index (χ1n) is 4.14. The van der Waals surface area contributed by atoms with Crippen LogP contribution in [0.1, 0.15) is 6.92 Å². The molecular formula is C8H11N3O2. The highest BCUT2D eigenvalue weighted by Crippen LogP contribution is 2.21. The molecule has 2 bridgehead atoms. The Bertz CT molecular complexity index is 311.